The van der Waals surface area contributed by atoms with Gasteiger partial charge in [0.25, 0.3) is 0 Å². The first-order chi connectivity index (χ1) is 18.4. The molecule has 0 aliphatic rings. The molecule has 0 spiro atoms. The molecule has 0 aliphatic carbocycles. The Morgan fingerprint density at radius 2 is 1.87 bits per heavy atom. The summed E-state index contributed by atoms with van der Waals surface area (Å²) < 4.78 is 23.6. The minimum Gasteiger partial charge on any atom is -0.493 e. The number of thiophene rings is 1. The van der Waals surface area contributed by atoms with E-state index in [0.717, 1.165) is 46.0 Å². The van der Waals surface area contributed by atoms with E-state index in [4.69, 9.17) is 18.6 Å². The number of nitrogens with zero attached hydrogens (tertiary/aromatic N) is 1. The molecule has 2 aromatic carbocycles. The van der Waals surface area contributed by atoms with Crippen molar-refractivity contribution in [2.45, 2.75) is 59.0 Å². The molecule has 0 bridgehead atoms. The van der Waals surface area contributed by atoms with Gasteiger partial charge in [0.05, 0.1) is 23.8 Å². The largest absolute Gasteiger partial charge is 0.493 e. The van der Waals surface area contributed by atoms with Gasteiger partial charge < -0.3 is 18.6 Å². The highest BCUT2D eigenvalue weighted by Crippen LogP contribution is 2.29. The lowest BCUT2D eigenvalue weighted by molar-refractivity contribution is -0.160. The van der Waals surface area contributed by atoms with Crippen molar-refractivity contribution in [1.29, 1.82) is 0 Å². The summed E-state index contributed by atoms with van der Waals surface area (Å²) in [5.74, 6) is 2.56. The van der Waals surface area contributed by atoms with E-state index in [9.17, 15) is 4.79 Å². The summed E-state index contributed by atoms with van der Waals surface area (Å²) in [7, 11) is 0. The van der Waals surface area contributed by atoms with Gasteiger partial charge in [0.15, 0.2) is 0 Å². The smallest absolute Gasteiger partial charge is 0.350 e. The van der Waals surface area contributed by atoms with Crippen LogP contribution in [-0.4, -0.2) is 29.8 Å². The molecule has 200 valence electrons. The Labute approximate surface area is 228 Å². The van der Waals surface area contributed by atoms with Crippen LogP contribution in [0.2, 0.25) is 0 Å². The Hall–Kier alpha value is -3.58. The summed E-state index contributed by atoms with van der Waals surface area (Å²) in [6, 6.07) is 19.5. The molecular weight excluding hydrogens is 498 g/mol. The molecule has 1 atom stereocenters. The average molecular weight is 534 g/mol. The zero-order valence-electron chi connectivity index (χ0n) is 22.5. The Morgan fingerprint density at radius 3 is 2.58 bits per heavy atom. The number of rotatable bonds is 13. The normalized spacial score (nSPS) is 12.6. The van der Waals surface area contributed by atoms with Crippen LogP contribution in [0, 0.1) is 6.92 Å². The molecule has 0 N–H and O–H groups in total. The lowest BCUT2D eigenvalue weighted by Crippen LogP contribution is -2.45. The molecule has 2 heterocycles. The topological polar surface area (TPSA) is 70.8 Å². The second-order valence-electron chi connectivity index (χ2n) is 9.33. The maximum absolute atomic E-state index is 12.9. The molecule has 0 saturated carbocycles. The van der Waals surface area contributed by atoms with Crippen molar-refractivity contribution in [2.24, 2.45) is 0 Å². The predicted molar refractivity (Wildman–Crippen MR) is 150 cm³/mol. The molecular formula is C31H35NO5S. The number of benzene rings is 2. The monoisotopic (exact) mass is 533 g/mol. The van der Waals surface area contributed by atoms with Crippen LogP contribution in [0.15, 0.2) is 70.5 Å². The standard InChI is InChI=1S/C31H35NO5S/c1-5-11-24-20-23(21-31(4,30(33)34-6-2)37-25-12-8-7-9-13-25)15-16-27(24)35-18-17-26-22(3)36-29(32-26)28-14-10-19-38-28/h7-10,12-16,19-20H,5-6,11,17-18,21H2,1-4H3. The number of aryl methyl sites for hydroxylation is 2. The minimum absolute atomic E-state index is 0.292. The minimum atomic E-state index is -1.16. The number of carbonyl (C=O) groups excluding carboxylic acids is 1. The fourth-order valence-electron chi connectivity index (χ4n) is 4.34. The predicted octanol–water partition coefficient (Wildman–Crippen LogP) is 7.23. The lowest BCUT2D eigenvalue weighted by atomic mass is 9.94. The summed E-state index contributed by atoms with van der Waals surface area (Å²) >= 11 is 1.61. The van der Waals surface area contributed by atoms with Crippen molar-refractivity contribution in [3.8, 4) is 22.3 Å². The van der Waals surface area contributed by atoms with E-state index in [2.05, 4.69) is 18.0 Å². The number of ether oxygens (including phenoxy) is 3. The van der Waals surface area contributed by atoms with Crippen molar-refractivity contribution in [1.82, 2.24) is 4.98 Å². The van der Waals surface area contributed by atoms with Gasteiger partial charge in [-0.1, -0.05) is 49.7 Å². The average Bonchev–Trinajstić information content (AvgIpc) is 3.56. The Morgan fingerprint density at radius 1 is 1.05 bits per heavy atom. The number of aromatic nitrogens is 1. The number of oxazole rings is 1. The summed E-state index contributed by atoms with van der Waals surface area (Å²) in [5.41, 5.74) is 1.84. The summed E-state index contributed by atoms with van der Waals surface area (Å²) in [6.07, 6.45) is 2.87. The molecule has 0 fully saturated rings. The highest BCUT2D eigenvalue weighted by atomic mass is 32.1. The molecule has 1 unspecified atom stereocenters. The van der Waals surface area contributed by atoms with Gasteiger partial charge in [0.1, 0.15) is 17.3 Å². The number of para-hydroxylation sites is 1. The van der Waals surface area contributed by atoms with E-state index in [1.165, 1.54) is 0 Å². The molecule has 4 rings (SSSR count). The van der Waals surface area contributed by atoms with Gasteiger partial charge in [-0.2, -0.15) is 0 Å². The molecule has 0 radical (unpaired) electrons. The Kier molecular flexibility index (Phi) is 9.24. The summed E-state index contributed by atoms with van der Waals surface area (Å²) in [6.45, 7) is 8.45. The van der Waals surface area contributed by atoms with E-state index in [1.807, 2.05) is 66.9 Å². The summed E-state index contributed by atoms with van der Waals surface area (Å²) in [4.78, 5) is 18.6. The molecule has 0 saturated heterocycles. The van der Waals surface area contributed by atoms with Gasteiger partial charge in [0, 0.05) is 12.8 Å². The van der Waals surface area contributed by atoms with Crippen LogP contribution < -0.4 is 9.47 Å². The number of carbonyl (C=O) groups is 1. The zero-order valence-corrected chi connectivity index (χ0v) is 23.3. The molecule has 4 aromatic rings. The van der Waals surface area contributed by atoms with Gasteiger partial charge >= 0.3 is 5.97 Å². The fourth-order valence-corrected chi connectivity index (χ4v) is 4.99. The van der Waals surface area contributed by atoms with E-state index in [1.54, 1.807) is 25.2 Å². The van der Waals surface area contributed by atoms with Crippen molar-refractivity contribution < 1.29 is 23.4 Å². The van der Waals surface area contributed by atoms with Crippen molar-refractivity contribution in [3.05, 3.63) is 88.6 Å². The Balaban J connectivity index is 1.47. The van der Waals surface area contributed by atoms with Crippen LogP contribution in [0.5, 0.6) is 11.5 Å². The van der Waals surface area contributed by atoms with Crippen LogP contribution in [0.4, 0.5) is 0 Å². The quantitative estimate of drug-likeness (QED) is 0.169. The highest BCUT2D eigenvalue weighted by molar-refractivity contribution is 7.13. The molecule has 0 aliphatic heterocycles. The van der Waals surface area contributed by atoms with E-state index in [-0.39, 0.29) is 5.97 Å². The number of hydrogen-bond acceptors (Lipinski definition) is 7. The fraction of sp³-hybridized carbons (Fsp3) is 0.355. The van der Waals surface area contributed by atoms with E-state index in [0.29, 0.717) is 37.7 Å². The van der Waals surface area contributed by atoms with Crippen LogP contribution in [0.1, 0.15) is 49.8 Å². The second kappa shape index (κ2) is 12.8. The van der Waals surface area contributed by atoms with Gasteiger partial charge in [-0.15, -0.1) is 11.3 Å². The molecule has 7 heteroatoms. The van der Waals surface area contributed by atoms with E-state index < -0.39 is 5.60 Å². The number of esters is 1. The van der Waals surface area contributed by atoms with Crippen LogP contribution in [-0.2, 0) is 28.8 Å². The molecule has 6 nitrogen and oxygen atoms in total. The zero-order chi connectivity index (χ0) is 27.0. The van der Waals surface area contributed by atoms with Crippen LogP contribution in [0.3, 0.4) is 0 Å². The first-order valence-corrected chi connectivity index (χ1v) is 14.0. The molecule has 38 heavy (non-hydrogen) atoms. The van der Waals surface area contributed by atoms with Gasteiger partial charge in [-0.3, -0.25) is 0 Å². The highest BCUT2D eigenvalue weighted by Gasteiger charge is 2.38. The van der Waals surface area contributed by atoms with Crippen LogP contribution in [0.25, 0.3) is 10.8 Å². The second-order valence-corrected chi connectivity index (χ2v) is 10.3. The SMILES string of the molecule is CCCc1cc(CC(C)(Oc2ccccc2)C(=O)OCC)ccc1OCCc1nc(-c2cccs2)oc1C. The molecule has 2 aromatic heterocycles. The van der Waals surface area contributed by atoms with Gasteiger partial charge in [-0.25, -0.2) is 9.78 Å². The lowest BCUT2D eigenvalue weighted by Gasteiger charge is -2.29. The third kappa shape index (κ3) is 6.84. The Bertz CT molecular complexity index is 1320. The van der Waals surface area contributed by atoms with Crippen molar-refractivity contribution >= 4 is 17.3 Å². The number of hydrogen-bond donors (Lipinski definition) is 0. The van der Waals surface area contributed by atoms with Crippen molar-refractivity contribution in [3.63, 3.8) is 0 Å². The summed E-state index contributed by atoms with van der Waals surface area (Å²) in [5, 5.41) is 2.01. The molecule has 0 amide bonds. The van der Waals surface area contributed by atoms with Gasteiger partial charge in [0.2, 0.25) is 11.5 Å². The van der Waals surface area contributed by atoms with Gasteiger partial charge in [-0.05, 0) is 68.0 Å². The van der Waals surface area contributed by atoms with Crippen molar-refractivity contribution in [2.75, 3.05) is 13.2 Å². The maximum atomic E-state index is 12.9. The van der Waals surface area contributed by atoms with E-state index >= 15 is 0 Å². The first-order valence-electron chi connectivity index (χ1n) is 13.1. The first kappa shape index (κ1) is 27.5. The van der Waals surface area contributed by atoms with Crippen LogP contribution >= 0.6 is 11.3 Å². The third-order valence-corrected chi connectivity index (χ3v) is 7.06. The third-order valence-electron chi connectivity index (χ3n) is 6.20. The maximum Gasteiger partial charge on any atom is 0.350 e.